The van der Waals surface area contributed by atoms with Crippen LogP contribution in [0.15, 0.2) is 36.4 Å². The molecular formula is C48H64N2S5. The first-order valence-corrected chi connectivity index (χ1v) is 25.7. The van der Waals surface area contributed by atoms with Crippen LogP contribution in [0.3, 0.4) is 0 Å². The van der Waals surface area contributed by atoms with E-state index in [-0.39, 0.29) is 0 Å². The number of hydrogen-bond donors (Lipinski definition) is 0. The molecule has 0 spiro atoms. The Morgan fingerprint density at radius 3 is 1.11 bits per heavy atom. The fourth-order valence-corrected chi connectivity index (χ4v) is 13.4. The summed E-state index contributed by atoms with van der Waals surface area (Å²) in [6.07, 6.45) is 25.5. The summed E-state index contributed by atoms with van der Waals surface area (Å²) >= 11 is 9.35. The summed E-state index contributed by atoms with van der Waals surface area (Å²) in [5.74, 6) is 0. The third-order valence-electron chi connectivity index (χ3n) is 11.3. The number of aromatic nitrogens is 2. The van der Waals surface area contributed by atoms with E-state index >= 15 is 0 Å². The predicted octanol–water partition coefficient (Wildman–Crippen LogP) is 17.7. The smallest absolute Gasteiger partial charge is 0.114 e. The Bertz CT molecular complexity index is 1920. The van der Waals surface area contributed by atoms with E-state index in [1.807, 2.05) is 45.3 Å². The molecule has 7 heteroatoms. The summed E-state index contributed by atoms with van der Waals surface area (Å²) < 4.78 is 10.0. The van der Waals surface area contributed by atoms with Crippen molar-refractivity contribution in [3.05, 3.63) is 68.4 Å². The lowest BCUT2D eigenvalue weighted by molar-refractivity contribution is 0.666. The van der Waals surface area contributed by atoms with Crippen LogP contribution >= 0.6 is 57.1 Å². The second-order valence-electron chi connectivity index (χ2n) is 15.7. The van der Waals surface area contributed by atoms with Gasteiger partial charge in [0, 0.05) is 50.1 Å². The summed E-state index contributed by atoms with van der Waals surface area (Å²) in [5.41, 5.74) is 10.7. The van der Waals surface area contributed by atoms with E-state index in [1.165, 1.54) is 189 Å². The maximum absolute atomic E-state index is 5.01. The SMILES string of the molecule is CCCCCCc1cc(-c2sc(-c3ccc(-c4cc(CCCCCC)c(-c5cc(CCCCCC)c(C)s5)s4)c4nsnc34)cc2CCCCCC)sc1C. The number of nitrogens with zero attached hydrogens (tertiary/aromatic N) is 2. The van der Waals surface area contributed by atoms with E-state index in [2.05, 4.69) is 77.9 Å². The van der Waals surface area contributed by atoms with Crippen molar-refractivity contribution in [2.45, 2.75) is 170 Å². The molecular weight excluding hydrogens is 765 g/mol. The van der Waals surface area contributed by atoms with Gasteiger partial charge in [0.1, 0.15) is 11.0 Å². The summed E-state index contributed by atoms with van der Waals surface area (Å²) in [4.78, 5) is 11.5. The van der Waals surface area contributed by atoms with Crippen LogP contribution in [-0.4, -0.2) is 8.75 Å². The molecule has 1 aromatic carbocycles. The minimum absolute atomic E-state index is 1.06. The van der Waals surface area contributed by atoms with Crippen LogP contribution in [-0.2, 0) is 25.7 Å². The number of thiophene rings is 4. The van der Waals surface area contributed by atoms with Crippen molar-refractivity contribution in [2.24, 2.45) is 0 Å². The van der Waals surface area contributed by atoms with Crippen molar-refractivity contribution < 1.29 is 0 Å². The molecule has 55 heavy (non-hydrogen) atoms. The zero-order chi connectivity index (χ0) is 38.6. The van der Waals surface area contributed by atoms with Gasteiger partial charge in [0.15, 0.2) is 0 Å². The van der Waals surface area contributed by atoms with Crippen LogP contribution in [0, 0.1) is 13.8 Å². The highest BCUT2D eigenvalue weighted by atomic mass is 32.1. The van der Waals surface area contributed by atoms with Gasteiger partial charge in [-0.2, -0.15) is 8.75 Å². The fraction of sp³-hybridized carbons (Fsp3) is 0.542. The molecule has 0 aliphatic heterocycles. The Kier molecular flexibility index (Phi) is 16.6. The lowest BCUT2D eigenvalue weighted by atomic mass is 10.0. The molecule has 5 heterocycles. The standard InChI is InChI=1S/C48H64N2S5/c1-7-11-15-19-23-35-29-43(51-33(35)5)47-37(25-21-17-13-9-3)31-41(53-47)39-27-28-40(46-45(39)49-55-50-46)42-32-38(26-22-18-14-10-4)48(54-42)44-30-36(34(6)52-44)24-20-16-12-8-2/h27-32H,7-26H2,1-6H3. The molecule has 0 atom stereocenters. The summed E-state index contributed by atoms with van der Waals surface area (Å²) in [7, 11) is 0. The van der Waals surface area contributed by atoms with Crippen LogP contribution in [0.4, 0.5) is 0 Å². The van der Waals surface area contributed by atoms with Crippen molar-refractivity contribution in [1.82, 2.24) is 8.75 Å². The Morgan fingerprint density at radius 2 is 0.745 bits per heavy atom. The van der Waals surface area contributed by atoms with Crippen molar-refractivity contribution >= 4 is 68.1 Å². The zero-order valence-corrected chi connectivity index (χ0v) is 38.6. The molecule has 0 aliphatic rings. The van der Waals surface area contributed by atoms with Gasteiger partial charge in [0.2, 0.25) is 0 Å². The molecule has 0 saturated carbocycles. The summed E-state index contributed by atoms with van der Waals surface area (Å²) in [6.45, 7) is 13.9. The normalized spacial score (nSPS) is 11.8. The number of benzene rings is 1. The largest absolute Gasteiger partial charge is 0.172 e. The van der Waals surface area contributed by atoms with Crippen LogP contribution < -0.4 is 0 Å². The van der Waals surface area contributed by atoms with E-state index in [9.17, 15) is 0 Å². The van der Waals surface area contributed by atoms with Gasteiger partial charge in [-0.3, -0.25) is 0 Å². The molecule has 0 aliphatic carbocycles. The van der Waals surface area contributed by atoms with Gasteiger partial charge < -0.3 is 0 Å². The van der Waals surface area contributed by atoms with Gasteiger partial charge in [-0.25, -0.2) is 0 Å². The average molecular weight is 829 g/mol. The van der Waals surface area contributed by atoms with Gasteiger partial charge in [0.05, 0.1) is 11.7 Å². The monoisotopic (exact) mass is 828 g/mol. The molecule has 0 unspecified atom stereocenters. The average Bonchev–Trinajstić information content (AvgIpc) is 4.03. The number of unbranched alkanes of at least 4 members (excludes halogenated alkanes) is 12. The molecule has 6 rings (SSSR count). The van der Waals surface area contributed by atoms with Crippen LogP contribution in [0.25, 0.3) is 51.4 Å². The fourth-order valence-electron chi connectivity index (χ4n) is 7.90. The minimum atomic E-state index is 1.06. The second kappa shape index (κ2) is 21.6. The quantitative estimate of drug-likeness (QED) is 0.0568. The second-order valence-corrected chi connectivity index (χ2v) is 20.8. The lowest BCUT2D eigenvalue weighted by Gasteiger charge is -2.03. The van der Waals surface area contributed by atoms with Gasteiger partial charge in [-0.15, -0.1) is 45.3 Å². The van der Waals surface area contributed by atoms with Crippen molar-refractivity contribution in [1.29, 1.82) is 0 Å². The maximum Gasteiger partial charge on any atom is 0.114 e. The maximum atomic E-state index is 5.01. The van der Waals surface area contributed by atoms with E-state index < -0.39 is 0 Å². The van der Waals surface area contributed by atoms with Gasteiger partial charge in [0.25, 0.3) is 0 Å². The predicted molar refractivity (Wildman–Crippen MR) is 252 cm³/mol. The van der Waals surface area contributed by atoms with Crippen LogP contribution in [0.1, 0.15) is 162 Å². The minimum Gasteiger partial charge on any atom is -0.172 e. The highest BCUT2D eigenvalue weighted by Crippen LogP contribution is 2.48. The van der Waals surface area contributed by atoms with E-state index in [4.69, 9.17) is 8.75 Å². The molecule has 0 N–H and O–H groups in total. The van der Waals surface area contributed by atoms with Crippen molar-refractivity contribution in [3.8, 4) is 40.4 Å². The Labute approximate surface area is 353 Å². The highest BCUT2D eigenvalue weighted by molar-refractivity contribution is 7.25. The Balaban J connectivity index is 1.33. The highest BCUT2D eigenvalue weighted by Gasteiger charge is 2.22. The Morgan fingerprint density at radius 1 is 0.400 bits per heavy atom. The molecule has 0 bridgehead atoms. The number of hydrogen-bond acceptors (Lipinski definition) is 7. The topological polar surface area (TPSA) is 25.8 Å². The summed E-state index contributed by atoms with van der Waals surface area (Å²) in [6, 6.07) is 14.8. The van der Waals surface area contributed by atoms with Crippen molar-refractivity contribution in [3.63, 3.8) is 0 Å². The van der Waals surface area contributed by atoms with Gasteiger partial charge >= 0.3 is 0 Å². The number of rotatable bonds is 24. The molecule has 0 amide bonds. The molecule has 5 aromatic heterocycles. The van der Waals surface area contributed by atoms with E-state index in [1.54, 1.807) is 11.1 Å². The molecule has 0 radical (unpaired) electrons. The third kappa shape index (κ3) is 10.9. The Hall–Kier alpha value is -2.16. The van der Waals surface area contributed by atoms with E-state index in [0.717, 1.165) is 23.9 Å². The van der Waals surface area contributed by atoms with Crippen LogP contribution in [0.2, 0.25) is 0 Å². The molecule has 0 fully saturated rings. The number of fused-ring (bicyclic) bond motifs is 1. The van der Waals surface area contributed by atoms with E-state index in [0.29, 0.717) is 0 Å². The molecule has 296 valence electrons. The van der Waals surface area contributed by atoms with Gasteiger partial charge in [-0.05, 0) is 112 Å². The molecule has 0 saturated heterocycles. The first-order chi connectivity index (χ1) is 26.9. The van der Waals surface area contributed by atoms with Crippen molar-refractivity contribution in [2.75, 3.05) is 0 Å². The first-order valence-electron chi connectivity index (χ1n) is 21.7. The zero-order valence-electron chi connectivity index (χ0n) is 34.5. The van der Waals surface area contributed by atoms with Crippen LogP contribution in [0.5, 0.6) is 0 Å². The third-order valence-corrected chi connectivity index (χ3v) is 16.7. The van der Waals surface area contributed by atoms with Gasteiger partial charge in [-0.1, -0.05) is 117 Å². The first kappa shape index (κ1) is 42.4. The molecule has 6 aromatic rings. The molecule has 2 nitrogen and oxygen atoms in total. The summed E-state index contributed by atoms with van der Waals surface area (Å²) in [5, 5.41) is 0. The lowest BCUT2D eigenvalue weighted by Crippen LogP contribution is -1.86. The number of aryl methyl sites for hydroxylation is 6.